The van der Waals surface area contributed by atoms with Crippen LogP contribution in [-0.2, 0) is 6.54 Å². The second-order valence-electron chi connectivity index (χ2n) is 4.11. The molecule has 0 aliphatic carbocycles. The van der Waals surface area contributed by atoms with Crippen molar-refractivity contribution in [3.05, 3.63) is 54.1 Å². The number of aromatic nitrogens is 1. The Kier molecular flexibility index (Phi) is 5.32. The highest BCUT2D eigenvalue weighted by molar-refractivity contribution is 7.13. The third kappa shape index (κ3) is 3.93. The van der Waals surface area contributed by atoms with Crippen LogP contribution in [0.15, 0.2) is 53.4 Å². The normalized spacial score (nSPS) is 11.2. The topological polar surface area (TPSA) is 49.3 Å². The first-order valence-corrected chi connectivity index (χ1v) is 7.26. The van der Waals surface area contributed by atoms with Gasteiger partial charge in [0, 0.05) is 24.5 Å². The molecule has 0 aliphatic heterocycles. The summed E-state index contributed by atoms with van der Waals surface area (Å²) in [6, 6.07) is 10.2. The summed E-state index contributed by atoms with van der Waals surface area (Å²) >= 11 is 1.65. The number of nitrogens with zero attached hydrogens (tertiary/aromatic N) is 2. The van der Waals surface area contributed by atoms with Gasteiger partial charge in [0.1, 0.15) is 5.01 Å². The van der Waals surface area contributed by atoms with Gasteiger partial charge in [-0.25, -0.2) is 4.98 Å². The zero-order valence-electron chi connectivity index (χ0n) is 11.5. The van der Waals surface area contributed by atoms with E-state index in [0.717, 1.165) is 22.2 Å². The SMILES string of the molecule is C=CCNC(=NC)NCc1csc(-c2ccccc2)n1. The van der Waals surface area contributed by atoms with Gasteiger partial charge in [-0.15, -0.1) is 17.9 Å². The van der Waals surface area contributed by atoms with E-state index in [0.29, 0.717) is 13.1 Å². The Morgan fingerprint density at radius 3 is 2.85 bits per heavy atom. The standard InChI is InChI=1S/C15H18N4S/c1-3-9-17-15(16-2)18-10-13-11-20-14(19-13)12-7-5-4-6-8-12/h3-8,11H,1,9-10H2,2H3,(H2,16,17,18). The maximum Gasteiger partial charge on any atom is 0.191 e. The summed E-state index contributed by atoms with van der Waals surface area (Å²) < 4.78 is 0. The molecule has 2 rings (SSSR count). The summed E-state index contributed by atoms with van der Waals surface area (Å²) in [4.78, 5) is 8.75. The number of nitrogens with one attached hydrogen (secondary N) is 2. The van der Waals surface area contributed by atoms with Crippen molar-refractivity contribution in [2.24, 2.45) is 4.99 Å². The molecule has 104 valence electrons. The van der Waals surface area contributed by atoms with Crippen molar-refractivity contribution < 1.29 is 0 Å². The highest BCUT2D eigenvalue weighted by Crippen LogP contribution is 2.22. The smallest absolute Gasteiger partial charge is 0.191 e. The zero-order valence-corrected chi connectivity index (χ0v) is 12.3. The third-order valence-corrected chi connectivity index (χ3v) is 3.59. The van der Waals surface area contributed by atoms with Crippen LogP contribution in [0.3, 0.4) is 0 Å². The molecule has 0 radical (unpaired) electrons. The van der Waals surface area contributed by atoms with Gasteiger partial charge in [0.25, 0.3) is 0 Å². The average Bonchev–Trinajstić information content (AvgIpc) is 2.97. The lowest BCUT2D eigenvalue weighted by molar-refractivity contribution is 0.830. The molecular weight excluding hydrogens is 268 g/mol. The van der Waals surface area contributed by atoms with Crippen LogP contribution >= 0.6 is 11.3 Å². The predicted molar refractivity (Wildman–Crippen MR) is 85.9 cm³/mol. The van der Waals surface area contributed by atoms with Crippen LogP contribution < -0.4 is 10.6 Å². The third-order valence-electron chi connectivity index (χ3n) is 2.65. The van der Waals surface area contributed by atoms with Gasteiger partial charge in [-0.05, 0) is 0 Å². The lowest BCUT2D eigenvalue weighted by Crippen LogP contribution is -2.36. The Balaban J connectivity index is 1.95. The molecule has 2 N–H and O–H groups in total. The fraction of sp³-hybridized carbons (Fsp3) is 0.200. The van der Waals surface area contributed by atoms with Crippen molar-refractivity contribution >= 4 is 17.3 Å². The summed E-state index contributed by atoms with van der Waals surface area (Å²) in [5.74, 6) is 0.749. The number of rotatable bonds is 5. The molecule has 0 spiro atoms. The first-order chi connectivity index (χ1) is 9.83. The van der Waals surface area contributed by atoms with E-state index in [1.807, 2.05) is 18.2 Å². The van der Waals surface area contributed by atoms with Crippen molar-refractivity contribution in [3.8, 4) is 10.6 Å². The Morgan fingerprint density at radius 1 is 1.35 bits per heavy atom. The molecule has 0 saturated carbocycles. The molecular formula is C15H18N4S. The van der Waals surface area contributed by atoms with Crippen LogP contribution in [0.2, 0.25) is 0 Å². The minimum atomic E-state index is 0.653. The number of guanidine groups is 1. The Morgan fingerprint density at radius 2 is 2.15 bits per heavy atom. The van der Waals surface area contributed by atoms with Crippen LogP contribution in [0.1, 0.15) is 5.69 Å². The molecule has 0 atom stereocenters. The minimum Gasteiger partial charge on any atom is -0.353 e. The second-order valence-corrected chi connectivity index (χ2v) is 4.96. The van der Waals surface area contributed by atoms with Crippen molar-refractivity contribution in [2.45, 2.75) is 6.54 Å². The molecule has 0 bridgehead atoms. The fourth-order valence-corrected chi connectivity index (χ4v) is 2.49. The molecule has 0 amide bonds. The quantitative estimate of drug-likeness (QED) is 0.505. The number of thiazole rings is 1. The largest absolute Gasteiger partial charge is 0.353 e. The Bertz CT molecular complexity index is 575. The summed E-state index contributed by atoms with van der Waals surface area (Å²) in [7, 11) is 1.74. The van der Waals surface area contributed by atoms with Gasteiger partial charge >= 0.3 is 0 Å². The van der Waals surface area contributed by atoms with E-state index in [1.165, 1.54) is 0 Å². The van der Waals surface area contributed by atoms with E-state index < -0.39 is 0 Å². The second kappa shape index (κ2) is 7.45. The van der Waals surface area contributed by atoms with Crippen LogP contribution in [0, 0.1) is 0 Å². The van der Waals surface area contributed by atoms with Gasteiger partial charge in [0.2, 0.25) is 0 Å². The molecule has 20 heavy (non-hydrogen) atoms. The van der Waals surface area contributed by atoms with Crippen molar-refractivity contribution in [1.82, 2.24) is 15.6 Å². The maximum atomic E-state index is 4.62. The molecule has 2 aromatic rings. The summed E-state index contributed by atoms with van der Waals surface area (Å²) in [6.07, 6.45) is 1.79. The number of aliphatic imine (C=N–C) groups is 1. The molecule has 1 aromatic carbocycles. The van der Waals surface area contributed by atoms with Crippen LogP contribution in [0.25, 0.3) is 10.6 Å². The summed E-state index contributed by atoms with van der Waals surface area (Å²) in [6.45, 7) is 5.01. The van der Waals surface area contributed by atoms with Gasteiger partial charge in [0.15, 0.2) is 5.96 Å². The van der Waals surface area contributed by atoms with Gasteiger partial charge in [-0.2, -0.15) is 0 Å². The first-order valence-electron chi connectivity index (χ1n) is 6.38. The van der Waals surface area contributed by atoms with E-state index in [4.69, 9.17) is 0 Å². The molecule has 0 aliphatic rings. The predicted octanol–water partition coefficient (Wildman–Crippen LogP) is 2.66. The van der Waals surface area contributed by atoms with E-state index in [9.17, 15) is 0 Å². The van der Waals surface area contributed by atoms with E-state index in [1.54, 1.807) is 24.5 Å². The molecule has 0 unspecified atom stereocenters. The molecule has 5 heteroatoms. The van der Waals surface area contributed by atoms with E-state index in [-0.39, 0.29) is 0 Å². The lowest BCUT2D eigenvalue weighted by atomic mass is 10.2. The van der Waals surface area contributed by atoms with Crippen molar-refractivity contribution in [1.29, 1.82) is 0 Å². The van der Waals surface area contributed by atoms with Gasteiger partial charge in [-0.3, -0.25) is 4.99 Å². The fourth-order valence-electron chi connectivity index (χ4n) is 1.67. The van der Waals surface area contributed by atoms with Gasteiger partial charge < -0.3 is 10.6 Å². The number of hydrogen-bond donors (Lipinski definition) is 2. The summed E-state index contributed by atoms with van der Waals surface area (Å²) in [5, 5.41) is 9.45. The highest BCUT2D eigenvalue weighted by Gasteiger charge is 2.04. The Hall–Kier alpha value is -2.14. The van der Waals surface area contributed by atoms with Crippen LogP contribution in [-0.4, -0.2) is 24.5 Å². The van der Waals surface area contributed by atoms with Gasteiger partial charge in [-0.1, -0.05) is 36.4 Å². The van der Waals surface area contributed by atoms with Gasteiger partial charge in [0.05, 0.1) is 12.2 Å². The number of benzene rings is 1. The van der Waals surface area contributed by atoms with Crippen molar-refractivity contribution in [2.75, 3.05) is 13.6 Å². The molecule has 0 fully saturated rings. The number of hydrogen-bond acceptors (Lipinski definition) is 3. The first kappa shape index (κ1) is 14.3. The monoisotopic (exact) mass is 286 g/mol. The Labute approximate surface area is 123 Å². The lowest BCUT2D eigenvalue weighted by Gasteiger charge is -2.08. The van der Waals surface area contributed by atoms with Crippen molar-refractivity contribution in [3.63, 3.8) is 0 Å². The summed E-state index contributed by atoms with van der Waals surface area (Å²) in [5.41, 5.74) is 2.16. The van der Waals surface area contributed by atoms with E-state index >= 15 is 0 Å². The molecule has 4 nitrogen and oxygen atoms in total. The zero-order chi connectivity index (χ0) is 14.2. The highest BCUT2D eigenvalue weighted by atomic mass is 32.1. The van der Waals surface area contributed by atoms with Crippen LogP contribution in [0.4, 0.5) is 0 Å². The van der Waals surface area contributed by atoms with E-state index in [2.05, 4.69) is 44.7 Å². The van der Waals surface area contributed by atoms with Crippen LogP contribution in [0.5, 0.6) is 0 Å². The average molecular weight is 286 g/mol. The molecule has 0 saturated heterocycles. The molecule has 1 aromatic heterocycles. The maximum absolute atomic E-state index is 4.62. The molecule has 1 heterocycles. The minimum absolute atomic E-state index is 0.653.